The van der Waals surface area contributed by atoms with Crippen LogP contribution in [0.2, 0.25) is 0 Å². The van der Waals surface area contributed by atoms with Crippen LogP contribution in [0.4, 0.5) is 0 Å². The highest BCUT2D eigenvalue weighted by molar-refractivity contribution is 5.83. The average Bonchev–Trinajstić information content (AvgIpc) is 3.27. The molecule has 1 aliphatic heterocycles. The molecule has 1 atom stereocenters. The summed E-state index contributed by atoms with van der Waals surface area (Å²) < 4.78 is 6.87. The SMILES string of the molecule is Cc1nn(CC(=O)NCC(c2ccco2)N2CCCCC2)c(=O)c2ccccc12. The van der Waals surface area contributed by atoms with E-state index in [2.05, 4.69) is 15.3 Å². The van der Waals surface area contributed by atoms with Crippen LogP contribution in [-0.2, 0) is 11.3 Å². The van der Waals surface area contributed by atoms with Crippen LogP contribution in [0, 0.1) is 6.92 Å². The Kier molecular flexibility index (Phi) is 5.76. The molecule has 3 aromatic rings. The van der Waals surface area contributed by atoms with E-state index >= 15 is 0 Å². The second-order valence-corrected chi connectivity index (χ2v) is 7.53. The lowest BCUT2D eigenvalue weighted by atomic mass is 10.1. The number of aryl methyl sites for hydroxylation is 1. The van der Waals surface area contributed by atoms with Crippen LogP contribution < -0.4 is 10.9 Å². The highest BCUT2D eigenvalue weighted by Crippen LogP contribution is 2.24. The Balaban J connectivity index is 1.47. The minimum atomic E-state index is -0.250. The number of nitrogens with zero attached hydrogens (tertiary/aromatic N) is 3. The molecule has 1 aliphatic rings. The summed E-state index contributed by atoms with van der Waals surface area (Å²) in [5.41, 5.74) is 0.481. The van der Waals surface area contributed by atoms with Gasteiger partial charge >= 0.3 is 0 Å². The summed E-state index contributed by atoms with van der Waals surface area (Å²) in [6.07, 6.45) is 5.21. The first-order valence-electron chi connectivity index (χ1n) is 10.1. The quantitative estimate of drug-likeness (QED) is 0.695. The van der Waals surface area contributed by atoms with Crippen LogP contribution in [0.5, 0.6) is 0 Å². The maximum atomic E-state index is 12.7. The fraction of sp³-hybridized carbons (Fsp3) is 0.409. The normalized spacial score (nSPS) is 16.0. The monoisotopic (exact) mass is 394 g/mol. The fourth-order valence-electron chi connectivity index (χ4n) is 4.03. The van der Waals surface area contributed by atoms with Crippen LogP contribution in [-0.4, -0.2) is 40.2 Å². The van der Waals surface area contributed by atoms with Gasteiger partial charge in [-0.15, -0.1) is 0 Å². The minimum absolute atomic E-state index is 0.00253. The second-order valence-electron chi connectivity index (χ2n) is 7.53. The zero-order chi connectivity index (χ0) is 20.2. The number of furan rings is 1. The van der Waals surface area contributed by atoms with E-state index in [1.165, 1.54) is 11.1 Å². The van der Waals surface area contributed by atoms with Gasteiger partial charge in [0.15, 0.2) is 0 Å². The summed E-state index contributed by atoms with van der Waals surface area (Å²) in [7, 11) is 0. The van der Waals surface area contributed by atoms with Crippen molar-refractivity contribution in [2.24, 2.45) is 0 Å². The Morgan fingerprint density at radius 3 is 2.62 bits per heavy atom. The molecule has 7 nitrogen and oxygen atoms in total. The Morgan fingerprint density at radius 1 is 1.14 bits per heavy atom. The van der Waals surface area contributed by atoms with Gasteiger partial charge < -0.3 is 9.73 Å². The van der Waals surface area contributed by atoms with Crippen molar-refractivity contribution in [3.05, 3.63) is 64.5 Å². The van der Waals surface area contributed by atoms with E-state index in [4.69, 9.17) is 4.42 Å². The van der Waals surface area contributed by atoms with E-state index in [9.17, 15) is 9.59 Å². The Bertz CT molecular complexity index is 1040. The van der Waals surface area contributed by atoms with Gasteiger partial charge in [0, 0.05) is 11.9 Å². The second kappa shape index (κ2) is 8.61. The predicted molar refractivity (Wildman–Crippen MR) is 111 cm³/mol. The summed E-state index contributed by atoms with van der Waals surface area (Å²) in [5, 5.41) is 8.69. The van der Waals surface area contributed by atoms with Crippen molar-refractivity contribution >= 4 is 16.7 Å². The molecule has 1 saturated heterocycles. The standard InChI is InChI=1S/C22H26N4O3/c1-16-17-8-3-4-9-18(17)22(28)26(24-16)15-21(27)23-14-19(20-10-7-13-29-20)25-11-5-2-6-12-25/h3-4,7-10,13,19H,2,5-6,11-12,14-15H2,1H3,(H,23,27). The molecular weight excluding hydrogens is 368 g/mol. The molecular formula is C22H26N4O3. The number of carbonyl (C=O) groups excluding carboxylic acids is 1. The number of fused-ring (bicyclic) bond motifs is 1. The number of carbonyl (C=O) groups is 1. The summed E-state index contributed by atoms with van der Waals surface area (Å²) in [6, 6.07) is 11.2. The number of aromatic nitrogens is 2. The first-order valence-corrected chi connectivity index (χ1v) is 10.1. The van der Waals surface area contributed by atoms with Gasteiger partial charge in [0.25, 0.3) is 5.56 Å². The van der Waals surface area contributed by atoms with Crippen LogP contribution in [0.25, 0.3) is 10.8 Å². The molecule has 0 saturated carbocycles. The van der Waals surface area contributed by atoms with Crippen molar-refractivity contribution < 1.29 is 9.21 Å². The van der Waals surface area contributed by atoms with Crippen molar-refractivity contribution in [3.8, 4) is 0 Å². The maximum Gasteiger partial charge on any atom is 0.275 e. The van der Waals surface area contributed by atoms with Crippen molar-refractivity contribution in [2.45, 2.75) is 38.8 Å². The number of nitrogens with one attached hydrogen (secondary N) is 1. The highest BCUT2D eigenvalue weighted by Gasteiger charge is 2.25. The molecule has 1 N–H and O–H groups in total. The zero-order valence-electron chi connectivity index (χ0n) is 16.6. The summed E-state index contributed by atoms with van der Waals surface area (Å²) >= 11 is 0. The Morgan fingerprint density at radius 2 is 1.90 bits per heavy atom. The number of amides is 1. The van der Waals surface area contributed by atoms with E-state index < -0.39 is 0 Å². The number of rotatable bonds is 6. The lowest BCUT2D eigenvalue weighted by Crippen LogP contribution is -2.42. The molecule has 4 rings (SSSR count). The van der Waals surface area contributed by atoms with E-state index in [1.807, 2.05) is 37.3 Å². The van der Waals surface area contributed by atoms with Crippen molar-refractivity contribution in [3.63, 3.8) is 0 Å². The highest BCUT2D eigenvalue weighted by atomic mass is 16.3. The van der Waals surface area contributed by atoms with Crippen molar-refractivity contribution in [1.82, 2.24) is 20.0 Å². The van der Waals surface area contributed by atoms with Gasteiger partial charge in [-0.05, 0) is 51.1 Å². The first-order chi connectivity index (χ1) is 14.1. The number of benzene rings is 1. The third kappa shape index (κ3) is 4.24. The molecule has 0 radical (unpaired) electrons. The first kappa shape index (κ1) is 19.4. The zero-order valence-corrected chi connectivity index (χ0v) is 16.6. The molecule has 2 aromatic heterocycles. The molecule has 152 valence electrons. The van der Waals surface area contributed by atoms with Gasteiger partial charge in [0.2, 0.25) is 5.91 Å². The summed E-state index contributed by atoms with van der Waals surface area (Å²) in [4.78, 5) is 27.6. The van der Waals surface area contributed by atoms with Gasteiger partial charge in [-0.3, -0.25) is 14.5 Å². The van der Waals surface area contributed by atoms with Crippen LogP contribution in [0.1, 0.15) is 36.8 Å². The molecule has 1 amide bonds. The third-order valence-corrected chi connectivity index (χ3v) is 5.54. The number of hydrogen-bond donors (Lipinski definition) is 1. The summed E-state index contributed by atoms with van der Waals surface area (Å²) in [6.45, 7) is 4.17. The number of likely N-dealkylation sites (tertiary alicyclic amines) is 1. The molecule has 0 spiro atoms. The molecule has 3 heterocycles. The van der Waals surface area contributed by atoms with Crippen LogP contribution in [0.3, 0.4) is 0 Å². The van der Waals surface area contributed by atoms with E-state index in [0.29, 0.717) is 11.9 Å². The number of piperidine rings is 1. The molecule has 29 heavy (non-hydrogen) atoms. The van der Waals surface area contributed by atoms with E-state index in [1.54, 1.807) is 12.3 Å². The molecule has 0 aliphatic carbocycles. The third-order valence-electron chi connectivity index (χ3n) is 5.54. The summed E-state index contributed by atoms with van der Waals surface area (Å²) in [5.74, 6) is 0.617. The van der Waals surface area contributed by atoms with E-state index in [0.717, 1.165) is 42.8 Å². The number of hydrogen-bond acceptors (Lipinski definition) is 5. The van der Waals surface area contributed by atoms with Crippen LogP contribution in [0.15, 0.2) is 51.9 Å². The lowest BCUT2D eigenvalue weighted by Gasteiger charge is -2.33. The molecule has 0 bridgehead atoms. The average molecular weight is 394 g/mol. The van der Waals surface area contributed by atoms with Crippen molar-refractivity contribution in [1.29, 1.82) is 0 Å². The van der Waals surface area contributed by atoms with Crippen molar-refractivity contribution in [2.75, 3.05) is 19.6 Å². The molecule has 1 fully saturated rings. The topological polar surface area (TPSA) is 80.4 Å². The minimum Gasteiger partial charge on any atom is -0.468 e. The van der Waals surface area contributed by atoms with Crippen LogP contribution >= 0.6 is 0 Å². The largest absolute Gasteiger partial charge is 0.468 e. The molecule has 1 aromatic carbocycles. The fourth-order valence-corrected chi connectivity index (χ4v) is 4.03. The van der Waals surface area contributed by atoms with Gasteiger partial charge in [-0.2, -0.15) is 5.10 Å². The predicted octanol–water partition coefficient (Wildman–Crippen LogP) is 2.64. The van der Waals surface area contributed by atoms with E-state index in [-0.39, 0.29) is 24.1 Å². The molecule has 1 unspecified atom stereocenters. The van der Waals surface area contributed by atoms with Gasteiger partial charge in [0.1, 0.15) is 12.3 Å². The lowest BCUT2D eigenvalue weighted by molar-refractivity contribution is -0.122. The van der Waals surface area contributed by atoms with Gasteiger partial charge in [-0.25, -0.2) is 4.68 Å². The van der Waals surface area contributed by atoms with Gasteiger partial charge in [-0.1, -0.05) is 24.6 Å². The smallest absolute Gasteiger partial charge is 0.275 e. The van der Waals surface area contributed by atoms with Gasteiger partial charge in [0.05, 0.1) is 23.4 Å². The molecule has 7 heteroatoms. The Hall–Kier alpha value is -2.93. The maximum absolute atomic E-state index is 12.7. The Labute approximate surface area is 169 Å².